The van der Waals surface area contributed by atoms with Crippen molar-refractivity contribution in [2.75, 3.05) is 26.4 Å². The highest BCUT2D eigenvalue weighted by Gasteiger charge is 2.18. The van der Waals surface area contributed by atoms with Crippen molar-refractivity contribution in [2.24, 2.45) is 5.92 Å². The van der Waals surface area contributed by atoms with Gasteiger partial charge in [0.05, 0.1) is 5.92 Å². The number of hydrogen-bond donors (Lipinski definition) is 2. The Labute approximate surface area is 119 Å². The van der Waals surface area contributed by atoms with Gasteiger partial charge in [0.15, 0.2) is 0 Å². The highest BCUT2D eigenvalue weighted by molar-refractivity contribution is 5.94. The zero-order valence-corrected chi connectivity index (χ0v) is 12.2. The first-order valence-corrected chi connectivity index (χ1v) is 5.78. The molecule has 5 nitrogen and oxygen atoms in total. The number of carbonyl (C=O) groups is 2. The summed E-state index contributed by atoms with van der Waals surface area (Å²) in [6.07, 6.45) is 0. The molecule has 1 rings (SSSR count). The maximum absolute atomic E-state index is 12.1. The quantitative estimate of drug-likeness (QED) is 0.815. The minimum absolute atomic E-state index is 0. The summed E-state index contributed by atoms with van der Waals surface area (Å²) in [5.74, 6) is -0.435. The minimum atomic E-state index is -0.238. The van der Waals surface area contributed by atoms with Crippen LogP contribution in [0.5, 0.6) is 0 Å². The van der Waals surface area contributed by atoms with Gasteiger partial charge >= 0.3 is 0 Å². The second kappa shape index (κ2) is 7.63. The van der Waals surface area contributed by atoms with E-state index in [0.29, 0.717) is 17.8 Å². The number of anilines is 1. The van der Waals surface area contributed by atoms with E-state index in [0.717, 1.165) is 0 Å². The third-order valence-corrected chi connectivity index (χ3v) is 2.75. The lowest BCUT2D eigenvalue weighted by atomic mass is 10.1. The highest BCUT2D eigenvalue weighted by atomic mass is 35.5. The fourth-order valence-corrected chi connectivity index (χ4v) is 1.67. The monoisotopic (exact) mass is 285 g/mol. The molecule has 0 radical (unpaired) electrons. The number of nitrogens with zero attached hydrogens (tertiary/aromatic N) is 1. The summed E-state index contributed by atoms with van der Waals surface area (Å²) < 4.78 is 0. The van der Waals surface area contributed by atoms with Gasteiger partial charge in [-0.15, -0.1) is 12.4 Å². The van der Waals surface area contributed by atoms with Crippen molar-refractivity contribution < 1.29 is 9.59 Å². The van der Waals surface area contributed by atoms with E-state index in [1.165, 1.54) is 4.90 Å². The molecule has 1 aromatic rings. The maximum atomic E-state index is 12.1. The molecule has 0 bridgehead atoms. The van der Waals surface area contributed by atoms with Gasteiger partial charge in [0, 0.05) is 31.9 Å². The SMILES string of the molecule is CNC(=O)C(C)CN(C)C(=O)c1ccc(N)cc1.Cl. The summed E-state index contributed by atoms with van der Waals surface area (Å²) in [4.78, 5) is 25.0. The van der Waals surface area contributed by atoms with E-state index >= 15 is 0 Å². The van der Waals surface area contributed by atoms with Crippen molar-refractivity contribution in [3.05, 3.63) is 29.8 Å². The summed E-state index contributed by atoms with van der Waals surface area (Å²) >= 11 is 0. The van der Waals surface area contributed by atoms with Gasteiger partial charge in [0.1, 0.15) is 0 Å². The van der Waals surface area contributed by atoms with Crippen molar-refractivity contribution in [3.8, 4) is 0 Å². The number of amides is 2. The Morgan fingerprint density at radius 2 is 1.84 bits per heavy atom. The molecule has 0 aliphatic heterocycles. The molecule has 0 aliphatic rings. The minimum Gasteiger partial charge on any atom is -0.399 e. The standard InChI is InChI=1S/C13H19N3O2.ClH/c1-9(12(17)15-2)8-16(3)13(18)10-4-6-11(14)7-5-10;/h4-7,9H,8,14H2,1-3H3,(H,15,17);1H. The summed E-state index contributed by atoms with van der Waals surface area (Å²) in [6.45, 7) is 2.16. The molecule has 0 spiro atoms. The van der Waals surface area contributed by atoms with Crippen LogP contribution in [0.1, 0.15) is 17.3 Å². The van der Waals surface area contributed by atoms with Crippen molar-refractivity contribution in [3.63, 3.8) is 0 Å². The number of carbonyl (C=O) groups excluding carboxylic acids is 2. The van der Waals surface area contributed by atoms with E-state index in [-0.39, 0.29) is 30.1 Å². The lowest BCUT2D eigenvalue weighted by Gasteiger charge is -2.20. The second-order valence-corrected chi connectivity index (χ2v) is 4.32. The number of halogens is 1. The first-order chi connectivity index (χ1) is 8.45. The van der Waals surface area contributed by atoms with E-state index in [9.17, 15) is 9.59 Å². The predicted molar refractivity (Wildman–Crippen MR) is 78.3 cm³/mol. The number of benzene rings is 1. The average Bonchev–Trinajstić information content (AvgIpc) is 2.37. The Morgan fingerprint density at radius 1 is 1.32 bits per heavy atom. The Morgan fingerprint density at radius 3 is 2.32 bits per heavy atom. The van der Waals surface area contributed by atoms with Crippen LogP contribution in [-0.2, 0) is 4.79 Å². The molecule has 106 valence electrons. The summed E-state index contributed by atoms with van der Waals surface area (Å²) in [6, 6.07) is 6.73. The molecule has 0 heterocycles. The topological polar surface area (TPSA) is 75.4 Å². The van der Waals surface area contributed by atoms with Crippen LogP contribution in [-0.4, -0.2) is 37.4 Å². The molecule has 6 heteroatoms. The van der Waals surface area contributed by atoms with Gasteiger partial charge < -0.3 is 16.0 Å². The van der Waals surface area contributed by atoms with Crippen LogP contribution in [0.2, 0.25) is 0 Å². The van der Waals surface area contributed by atoms with E-state index in [1.54, 1.807) is 45.3 Å². The molecule has 19 heavy (non-hydrogen) atoms. The second-order valence-electron chi connectivity index (χ2n) is 4.32. The zero-order chi connectivity index (χ0) is 13.7. The number of hydrogen-bond acceptors (Lipinski definition) is 3. The van der Waals surface area contributed by atoms with Gasteiger partial charge in [-0.3, -0.25) is 9.59 Å². The summed E-state index contributed by atoms with van der Waals surface area (Å²) in [7, 11) is 3.26. The molecule has 1 atom stereocenters. The van der Waals surface area contributed by atoms with E-state index in [2.05, 4.69) is 5.32 Å². The Balaban J connectivity index is 0.00000324. The Hall–Kier alpha value is -1.75. The van der Waals surface area contributed by atoms with Crippen LogP contribution in [0.4, 0.5) is 5.69 Å². The molecule has 0 fully saturated rings. The first kappa shape index (κ1) is 17.2. The van der Waals surface area contributed by atoms with Gasteiger partial charge in [-0.25, -0.2) is 0 Å². The third kappa shape index (κ3) is 4.79. The van der Waals surface area contributed by atoms with Crippen LogP contribution >= 0.6 is 12.4 Å². The van der Waals surface area contributed by atoms with Crippen molar-refractivity contribution >= 4 is 29.9 Å². The smallest absolute Gasteiger partial charge is 0.253 e. The first-order valence-electron chi connectivity index (χ1n) is 5.78. The molecule has 1 unspecified atom stereocenters. The lowest BCUT2D eigenvalue weighted by molar-refractivity contribution is -0.124. The predicted octanol–water partition coefficient (Wildman–Crippen LogP) is 1.14. The van der Waals surface area contributed by atoms with Gasteiger partial charge in [-0.1, -0.05) is 6.92 Å². The Bertz CT molecular complexity index is 434. The van der Waals surface area contributed by atoms with Crippen LogP contribution < -0.4 is 11.1 Å². The maximum Gasteiger partial charge on any atom is 0.253 e. The van der Waals surface area contributed by atoms with Crippen LogP contribution in [0.3, 0.4) is 0 Å². The molecule has 2 amide bonds. The molecular weight excluding hydrogens is 266 g/mol. The fourth-order valence-electron chi connectivity index (χ4n) is 1.67. The van der Waals surface area contributed by atoms with E-state index < -0.39 is 0 Å². The van der Waals surface area contributed by atoms with Crippen molar-refractivity contribution in [2.45, 2.75) is 6.92 Å². The van der Waals surface area contributed by atoms with E-state index in [4.69, 9.17) is 5.73 Å². The molecule has 0 aliphatic carbocycles. The fraction of sp³-hybridized carbons (Fsp3) is 0.385. The molecule has 1 aromatic carbocycles. The molecule has 3 N–H and O–H groups in total. The number of nitrogens with two attached hydrogens (primary N) is 1. The van der Waals surface area contributed by atoms with Gasteiger partial charge in [0.25, 0.3) is 5.91 Å². The van der Waals surface area contributed by atoms with Crippen LogP contribution in [0.15, 0.2) is 24.3 Å². The molecule has 0 saturated heterocycles. The third-order valence-electron chi connectivity index (χ3n) is 2.75. The average molecular weight is 286 g/mol. The highest BCUT2D eigenvalue weighted by Crippen LogP contribution is 2.09. The van der Waals surface area contributed by atoms with E-state index in [1.807, 2.05) is 0 Å². The van der Waals surface area contributed by atoms with Gasteiger partial charge in [0.2, 0.25) is 5.91 Å². The number of nitrogen functional groups attached to an aromatic ring is 1. The molecular formula is C13H20ClN3O2. The molecule has 0 aromatic heterocycles. The summed E-state index contributed by atoms with van der Waals surface area (Å²) in [5, 5.41) is 2.56. The van der Waals surface area contributed by atoms with Crippen LogP contribution in [0, 0.1) is 5.92 Å². The number of nitrogens with one attached hydrogen (secondary N) is 1. The zero-order valence-electron chi connectivity index (χ0n) is 11.3. The van der Waals surface area contributed by atoms with Crippen LogP contribution in [0.25, 0.3) is 0 Å². The summed E-state index contributed by atoms with van der Waals surface area (Å²) in [5.41, 5.74) is 6.75. The van der Waals surface area contributed by atoms with Gasteiger partial charge in [-0.05, 0) is 24.3 Å². The molecule has 0 saturated carbocycles. The Kier molecular flexibility index (Phi) is 6.93. The number of rotatable bonds is 4. The van der Waals surface area contributed by atoms with Gasteiger partial charge in [-0.2, -0.15) is 0 Å². The van der Waals surface area contributed by atoms with Crippen molar-refractivity contribution in [1.82, 2.24) is 10.2 Å². The normalized spacial score (nSPS) is 11.1. The lowest BCUT2D eigenvalue weighted by Crippen LogP contribution is -2.37. The largest absolute Gasteiger partial charge is 0.399 e. The van der Waals surface area contributed by atoms with Crippen molar-refractivity contribution in [1.29, 1.82) is 0 Å².